The second kappa shape index (κ2) is 9.82. The van der Waals surface area contributed by atoms with Crippen molar-refractivity contribution in [2.45, 2.75) is 38.6 Å². The zero-order valence-corrected chi connectivity index (χ0v) is 16.7. The number of amides is 2. The highest BCUT2D eigenvalue weighted by Gasteiger charge is 2.34. The Bertz CT molecular complexity index is 810. The van der Waals surface area contributed by atoms with Gasteiger partial charge in [-0.3, -0.25) is 0 Å². The number of ether oxygens (including phenoxy) is 3. The summed E-state index contributed by atoms with van der Waals surface area (Å²) >= 11 is 0. The number of nitrogens with zero attached hydrogens (tertiary/aromatic N) is 1. The number of methoxy groups -OCH3 is 1. The van der Waals surface area contributed by atoms with Gasteiger partial charge in [0, 0.05) is 19.0 Å². The standard InChI is InChI=1S/C22H26N2O5/c1-16-12-20(14-24(16)22(26)27-2)29-19-10-8-17(9-11-19)13-23-21(25)28-15-18-6-4-3-5-7-18/h3-11,16,20H,12-15H2,1-2H3,(H,23,25)/t16-,20+/m1/s1. The van der Waals surface area contributed by atoms with Gasteiger partial charge in [0.15, 0.2) is 0 Å². The van der Waals surface area contributed by atoms with Crippen molar-refractivity contribution >= 4 is 12.2 Å². The molecule has 154 valence electrons. The largest absolute Gasteiger partial charge is 0.489 e. The van der Waals surface area contributed by atoms with Crippen LogP contribution in [0.2, 0.25) is 0 Å². The average molecular weight is 398 g/mol. The number of carbonyl (C=O) groups excluding carboxylic acids is 2. The Labute approximate surface area is 170 Å². The molecule has 3 rings (SSSR count). The summed E-state index contributed by atoms with van der Waals surface area (Å²) in [4.78, 5) is 25.2. The summed E-state index contributed by atoms with van der Waals surface area (Å²) in [5.74, 6) is 0.726. The lowest BCUT2D eigenvalue weighted by Crippen LogP contribution is -2.34. The summed E-state index contributed by atoms with van der Waals surface area (Å²) in [7, 11) is 1.38. The molecule has 2 aromatic rings. The van der Waals surface area contributed by atoms with Gasteiger partial charge in [-0.1, -0.05) is 42.5 Å². The van der Waals surface area contributed by atoms with Crippen LogP contribution in [0, 0.1) is 0 Å². The number of hydrogen-bond acceptors (Lipinski definition) is 5. The summed E-state index contributed by atoms with van der Waals surface area (Å²) in [6.07, 6.45) is -0.103. The van der Waals surface area contributed by atoms with Crippen LogP contribution in [0.4, 0.5) is 9.59 Å². The van der Waals surface area contributed by atoms with E-state index in [1.807, 2.05) is 61.5 Å². The number of alkyl carbamates (subject to hydrolysis) is 1. The van der Waals surface area contributed by atoms with E-state index in [0.29, 0.717) is 13.1 Å². The smallest absolute Gasteiger partial charge is 0.409 e. The molecule has 1 aliphatic heterocycles. The molecule has 0 aromatic heterocycles. The number of hydrogen-bond donors (Lipinski definition) is 1. The van der Waals surface area contributed by atoms with Crippen LogP contribution in [0.1, 0.15) is 24.5 Å². The van der Waals surface area contributed by atoms with Crippen LogP contribution in [-0.4, -0.2) is 42.9 Å². The first-order valence-corrected chi connectivity index (χ1v) is 9.60. The molecule has 7 nitrogen and oxygen atoms in total. The minimum absolute atomic E-state index is 0.0685. The van der Waals surface area contributed by atoms with Gasteiger partial charge < -0.3 is 24.4 Å². The van der Waals surface area contributed by atoms with Crippen LogP contribution >= 0.6 is 0 Å². The Morgan fingerprint density at radius 1 is 1.07 bits per heavy atom. The van der Waals surface area contributed by atoms with E-state index in [0.717, 1.165) is 23.3 Å². The summed E-state index contributed by atoms with van der Waals surface area (Å²) in [5.41, 5.74) is 1.88. The van der Waals surface area contributed by atoms with Gasteiger partial charge in [-0.25, -0.2) is 9.59 Å². The van der Waals surface area contributed by atoms with E-state index in [1.54, 1.807) is 4.90 Å². The quantitative estimate of drug-likeness (QED) is 0.802. The van der Waals surface area contributed by atoms with Gasteiger partial charge in [-0.15, -0.1) is 0 Å². The number of nitrogens with one attached hydrogen (secondary N) is 1. The Balaban J connectivity index is 1.42. The third-order valence-corrected chi connectivity index (χ3v) is 4.82. The minimum Gasteiger partial charge on any atom is -0.489 e. The van der Waals surface area contributed by atoms with E-state index in [2.05, 4.69) is 5.32 Å². The predicted octanol–water partition coefficient (Wildman–Crippen LogP) is 3.72. The molecule has 0 bridgehead atoms. The van der Waals surface area contributed by atoms with Gasteiger partial charge in [0.05, 0.1) is 13.7 Å². The molecule has 1 aliphatic rings. The number of rotatable bonds is 6. The molecule has 0 aliphatic carbocycles. The number of benzene rings is 2. The molecule has 1 heterocycles. The lowest BCUT2D eigenvalue weighted by atomic mass is 10.2. The third kappa shape index (κ3) is 5.88. The second-order valence-electron chi connectivity index (χ2n) is 7.01. The highest BCUT2D eigenvalue weighted by molar-refractivity contribution is 5.68. The topological polar surface area (TPSA) is 77.1 Å². The van der Waals surface area contributed by atoms with Crippen molar-refractivity contribution in [1.29, 1.82) is 0 Å². The second-order valence-corrected chi connectivity index (χ2v) is 7.01. The first-order chi connectivity index (χ1) is 14.0. The monoisotopic (exact) mass is 398 g/mol. The Kier molecular flexibility index (Phi) is 6.94. The van der Waals surface area contributed by atoms with Crippen LogP contribution in [0.15, 0.2) is 54.6 Å². The van der Waals surface area contributed by atoms with Gasteiger partial charge in [0.1, 0.15) is 18.5 Å². The van der Waals surface area contributed by atoms with Crippen molar-refractivity contribution in [3.63, 3.8) is 0 Å². The Morgan fingerprint density at radius 2 is 1.79 bits per heavy atom. The first kappa shape index (κ1) is 20.5. The maximum absolute atomic E-state index is 11.8. The number of likely N-dealkylation sites (tertiary alicyclic amines) is 1. The average Bonchev–Trinajstić information content (AvgIpc) is 3.12. The molecule has 0 unspecified atom stereocenters. The zero-order chi connectivity index (χ0) is 20.6. The van der Waals surface area contributed by atoms with Crippen molar-refractivity contribution in [3.05, 3.63) is 65.7 Å². The van der Waals surface area contributed by atoms with Crippen molar-refractivity contribution in [1.82, 2.24) is 10.2 Å². The van der Waals surface area contributed by atoms with Gasteiger partial charge >= 0.3 is 12.2 Å². The van der Waals surface area contributed by atoms with Crippen LogP contribution < -0.4 is 10.1 Å². The van der Waals surface area contributed by atoms with Gasteiger partial charge in [0.25, 0.3) is 0 Å². The molecule has 2 atom stereocenters. The molecule has 1 saturated heterocycles. The fourth-order valence-corrected chi connectivity index (χ4v) is 3.27. The summed E-state index contributed by atoms with van der Waals surface area (Å²) in [6.45, 7) is 3.09. The maximum Gasteiger partial charge on any atom is 0.409 e. The minimum atomic E-state index is -0.461. The molecule has 1 fully saturated rings. The highest BCUT2D eigenvalue weighted by atomic mass is 16.6. The lowest BCUT2D eigenvalue weighted by Gasteiger charge is -2.19. The molecule has 0 saturated carbocycles. The third-order valence-electron chi connectivity index (χ3n) is 4.82. The van der Waals surface area contributed by atoms with E-state index < -0.39 is 6.09 Å². The van der Waals surface area contributed by atoms with Crippen molar-refractivity contribution in [3.8, 4) is 5.75 Å². The van der Waals surface area contributed by atoms with Crippen LogP contribution in [0.3, 0.4) is 0 Å². The van der Waals surface area contributed by atoms with Crippen LogP contribution in [0.5, 0.6) is 5.75 Å². The molecule has 0 radical (unpaired) electrons. The SMILES string of the molecule is COC(=O)N1C[C@@H](Oc2ccc(CNC(=O)OCc3ccccc3)cc2)C[C@H]1C. The normalized spacial score (nSPS) is 18.2. The molecular weight excluding hydrogens is 372 g/mol. The van der Waals surface area contributed by atoms with Gasteiger partial charge in [-0.2, -0.15) is 0 Å². The van der Waals surface area contributed by atoms with E-state index >= 15 is 0 Å². The van der Waals surface area contributed by atoms with Crippen molar-refractivity contribution < 1.29 is 23.8 Å². The Morgan fingerprint density at radius 3 is 2.48 bits per heavy atom. The Hall–Kier alpha value is -3.22. The summed E-state index contributed by atoms with van der Waals surface area (Å²) in [5, 5.41) is 2.73. The summed E-state index contributed by atoms with van der Waals surface area (Å²) in [6, 6.07) is 17.1. The predicted molar refractivity (Wildman–Crippen MR) is 108 cm³/mol. The molecule has 2 amide bonds. The molecule has 29 heavy (non-hydrogen) atoms. The fourth-order valence-electron chi connectivity index (χ4n) is 3.27. The van der Waals surface area contributed by atoms with Crippen molar-refractivity contribution in [2.75, 3.05) is 13.7 Å². The van der Waals surface area contributed by atoms with Gasteiger partial charge in [0.2, 0.25) is 0 Å². The first-order valence-electron chi connectivity index (χ1n) is 9.60. The summed E-state index contributed by atoms with van der Waals surface area (Å²) < 4.78 is 16.0. The molecular formula is C22H26N2O5. The van der Waals surface area contributed by atoms with Gasteiger partial charge in [-0.05, 0) is 30.2 Å². The van der Waals surface area contributed by atoms with Crippen LogP contribution in [-0.2, 0) is 22.6 Å². The van der Waals surface area contributed by atoms with E-state index in [-0.39, 0.29) is 24.8 Å². The molecule has 2 aromatic carbocycles. The lowest BCUT2D eigenvalue weighted by molar-refractivity contribution is 0.117. The number of carbonyl (C=O) groups is 2. The zero-order valence-electron chi connectivity index (χ0n) is 16.7. The fraction of sp³-hybridized carbons (Fsp3) is 0.364. The maximum atomic E-state index is 11.8. The van der Waals surface area contributed by atoms with E-state index in [9.17, 15) is 9.59 Å². The van der Waals surface area contributed by atoms with E-state index in [4.69, 9.17) is 14.2 Å². The molecule has 1 N–H and O–H groups in total. The highest BCUT2D eigenvalue weighted by Crippen LogP contribution is 2.23. The molecule has 7 heteroatoms. The van der Waals surface area contributed by atoms with Crippen LogP contribution in [0.25, 0.3) is 0 Å². The van der Waals surface area contributed by atoms with E-state index in [1.165, 1.54) is 7.11 Å². The van der Waals surface area contributed by atoms with Crippen molar-refractivity contribution in [2.24, 2.45) is 0 Å². The molecule has 0 spiro atoms.